The van der Waals surface area contributed by atoms with Crippen LogP contribution in [0.25, 0.3) is 12.2 Å². The first kappa shape index (κ1) is 22.3. The summed E-state index contributed by atoms with van der Waals surface area (Å²) in [4.78, 5) is 8.91. The van der Waals surface area contributed by atoms with Gasteiger partial charge < -0.3 is 15.7 Å². The fourth-order valence-corrected chi connectivity index (χ4v) is 5.43. The molecular weight excluding hydrogens is 448 g/mol. The highest BCUT2D eigenvalue weighted by Gasteiger charge is 2.28. The Morgan fingerprint density at radius 1 is 1.03 bits per heavy atom. The van der Waals surface area contributed by atoms with Crippen LogP contribution in [-0.4, -0.2) is 41.8 Å². The molecule has 1 aromatic heterocycles. The number of sulfone groups is 1. The van der Waals surface area contributed by atoms with Gasteiger partial charge in [-0.2, -0.15) is 0 Å². The molecule has 1 aliphatic rings. The van der Waals surface area contributed by atoms with Gasteiger partial charge in [-0.05, 0) is 74.0 Å². The summed E-state index contributed by atoms with van der Waals surface area (Å²) in [5, 5.41) is 16.0. The molecule has 3 aromatic rings. The number of hydrogen-bond acceptors (Lipinski definition) is 7. The predicted molar refractivity (Wildman–Crippen MR) is 127 cm³/mol. The minimum Gasteiger partial charge on any atom is -0.508 e. The number of anilines is 2. The average molecular weight is 471 g/mol. The molecule has 2 heterocycles. The highest BCUT2D eigenvalue weighted by atomic mass is 35.5. The van der Waals surface area contributed by atoms with Crippen LogP contribution < -0.4 is 10.6 Å². The third kappa shape index (κ3) is 5.27. The van der Waals surface area contributed by atoms with Gasteiger partial charge in [0.25, 0.3) is 0 Å². The molecular formula is C23H23ClN4O3S. The van der Waals surface area contributed by atoms with Crippen molar-refractivity contribution in [3.63, 3.8) is 0 Å². The van der Waals surface area contributed by atoms with Crippen molar-refractivity contribution in [2.24, 2.45) is 0 Å². The van der Waals surface area contributed by atoms with Crippen LogP contribution >= 0.6 is 11.6 Å². The van der Waals surface area contributed by atoms with Gasteiger partial charge in [-0.25, -0.2) is 18.4 Å². The van der Waals surface area contributed by atoms with Crippen molar-refractivity contribution in [1.29, 1.82) is 0 Å². The zero-order valence-electron chi connectivity index (χ0n) is 17.2. The zero-order valence-corrected chi connectivity index (χ0v) is 18.8. The first-order valence-corrected chi connectivity index (χ1v) is 12.1. The summed E-state index contributed by atoms with van der Waals surface area (Å²) >= 11 is 6.12. The van der Waals surface area contributed by atoms with Crippen LogP contribution in [-0.2, 0) is 9.84 Å². The summed E-state index contributed by atoms with van der Waals surface area (Å²) < 4.78 is 25.6. The number of benzene rings is 2. The van der Waals surface area contributed by atoms with E-state index in [0.29, 0.717) is 40.0 Å². The van der Waals surface area contributed by atoms with E-state index in [4.69, 9.17) is 11.6 Å². The van der Waals surface area contributed by atoms with Crippen molar-refractivity contribution in [1.82, 2.24) is 15.3 Å². The molecule has 1 saturated heterocycles. The van der Waals surface area contributed by atoms with E-state index >= 15 is 0 Å². The lowest BCUT2D eigenvalue weighted by molar-refractivity contribution is 0.475. The smallest absolute Gasteiger partial charge is 0.227 e. The van der Waals surface area contributed by atoms with Gasteiger partial charge >= 0.3 is 0 Å². The predicted octanol–water partition coefficient (Wildman–Crippen LogP) is 4.28. The number of aromatic nitrogens is 2. The molecule has 0 aliphatic carbocycles. The normalized spacial score (nSPS) is 15.2. The summed E-state index contributed by atoms with van der Waals surface area (Å²) in [6.45, 7) is 1.46. The van der Waals surface area contributed by atoms with Crippen molar-refractivity contribution in [2.75, 3.05) is 18.4 Å². The van der Waals surface area contributed by atoms with Gasteiger partial charge in [0.15, 0.2) is 9.84 Å². The van der Waals surface area contributed by atoms with Crippen molar-refractivity contribution in [3.05, 3.63) is 71.0 Å². The molecule has 0 atom stereocenters. The number of hydrogen-bond donors (Lipinski definition) is 3. The molecule has 7 nitrogen and oxygen atoms in total. The van der Waals surface area contributed by atoms with Crippen LogP contribution in [0.1, 0.15) is 24.0 Å². The second-order valence-corrected chi connectivity index (χ2v) is 10.2. The van der Waals surface area contributed by atoms with E-state index in [1.807, 2.05) is 0 Å². The Hall–Kier alpha value is -2.94. The molecule has 32 heavy (non-hydrogen) atoms. The summed E-state index contributed by atoms with van der Waals surface area (Å²) in [5.74, 6) is 0.533. The van der Waals surface area contributed by atoms with Crippen molar-refractivity contribution in [3.8, 4) is 5.75 Å². The van der Waals surface area contributed by atoms with E-state index < -0.39 is 9.84 Å². The Labute approximate surface area is 192 Å². The van der Waals surface area contributed by atoms with Crippen molar-refractivity contribution < 1.29 is 13.5 Å². The maximum Gasteiger partial charge on any atom is 0.227 e. The molecule has 0 radical (unpaired) electrons. The first-order valence-electron chi connectivity index (χ1n) is 10.2. The number of nitrogens with one attached hydrogen (secondary N) is 2. The Kier molecular flexibility index (Phi) is 6.74. The van der Waals surface area contributed by atoms with Crippen LogP contribution in [0.15, 0.2) is 59.8 Å². The SMILES string of the molecule is O=S(=O)(c1ccc(Nc2ncc(C=Cc3cc(O)ccc3Cl)cn2)cc1)C1CCNCC1. The number of aromatic hydroxyl groups is 1. The lowest BCUT2D eigenvalue weighted by atomic mass is 10.1. The topological polar surface area (TPSA) is 104 Å². The molecule has 0 amide bonds. The van der Waals surface area contributed by atoms with E-state index in [1.54, 1.807) is 60.9 Å². The highest BCUT2D eigenvalue weighted by Crippen LogP contribution is 2.25. The Morgan fingerprint density at radius 2 is 1.72 bits per heavy atom. The fourth-order valence-electron chi connectivity index (χ4n) is 3.49. The summed E-state index contributed by atoms with van der Waals surface area (Å²) in [6, 6.07) is 11.4. The van der Waals surface area contributed by atoms with Crippen molar-refractivity contribution >= 4 is 45.2 Å². The Morgan fingerprint density at radius 3 is 2.41 bits per heavy atom. The van der Waals surface area contributed by atoms with Crippen LogP contribution in [0, 0.1) is 0 Å². The Bertz CT molecular complexity index is 1210. The standard InChI is InChI=1S/C23H23ClN4O3S/c24-22-8-5-19(29)13-17(22)2-1-16-14-26-23(27-15-16)28-18-3-6-20(7-4-18)32(30,31)21-9-11-25-12-10-21/h1-8,13-15,21,25,29H,9-12H2,(H,26,27,28). The fraction of sp³-hybridized carbons (Fsp3) is 0.217. The van der Waals surface area contributed by atoms with E-state index in [1.165, 1.54) is 6.07 Å². The maximum absolute atomic E-state index is 12.8. The van der Waals surface area contributed by atoms with Gasteiger partial charge in [0.05, 0.1) is 10.1 Å². The average Bonchev–Trinajstić information content (AvgIpc) is 2.81. The lowest BCUT2D eigenvalue weighted by Crippen LogP contribution is -2.35. The van der Waals surface area contributed by atoms with Crippen LogP contribution in [0.4, 0.5) is 11.6 Å². The summed E-state index contributed by atoms with van der Waals surface area (Å²) in [7, 11) is -3.32. The van der Waals surface area contributed by atoms with Crippen molar-refractivity contribution in [2.45, 2.75) is 23.0 Å². The van der Waals surface area contributed by atoms with Gasteiger partial charge in [0.1, 0.15) is 5.75 Å². The molecule has 0 unspecified atom stereocenters. The molecule has 9 heteroatoms. The van der Waals surface area contributed by atoms with Gasteiger partial charge in [-0.15, -0.1) is 0 Å². The molecule has 0 saturated carbocycles. The molecule has 1 fully saturated rings. The van der Waals surface area contributed by atoms with E-state index in [-0.39, 0.29) is 11.0 Å². The van der Waals surface area contributed by atoms with Crippen LogP contribution in [0.5, 0.6) is 5.75 Å². The summed E-state index contributed by atoms with van der Waals surface area (Å²) in [5.41, 5.74) is 2.15. The quantitative estimate of drug-likeness (QED) is 0.494. The molecule has 3 N–H and O–H groups in total. The molecule has 1 aliphatic heterocycles. The van der Waals surface area contributed by atoms with E-state index in [0.717, 1.165) is 18.7 Å². The number of phenols is 1. The number of halogens is 1. The van der Waals surface area contributed by atoms with Gasteiger partial charge in [-0.3, -0.25) is 0 Å². The minimum atomic E-state index is -3.32. The Balaban J connectivity index is 1.41. The van der Waals surface area contributed by atoms with Gasteiger partial charge in [-0.1, -0.05) is 23.8 Å². The molecule has 166 valence electrons. The molecule has 0 spiro atoms. The molecule has 4 rings (SSSR count). The number of rotatable bonds is 6. The second kappa shape index (κ2) is 9.68. The number of piperidine rings is 1. The highest BCUT2D eigenvalue weighted by molar-refractivity contribution is 7.92. The van der Waals surface area contributed by atoms with Gasteiger partial charge in [0.2, 0.25) is 5.95 Å². The van der Waals surface area contributed by atoms with E-state index in [2.05, 4.69) is 20.6 Å². The second-order valence-electron chi connectivity index (χ2n) is 7.52. The molecule has 0 bridgehead atoms. The monoisotopic (exact) mass is 470 g/mol. The number of phenolic OH excluding ortho intramolecular Hbond substituents is 1. The van der Waals surface area contributed by atoms with Crippen LogP contribution in [0.2, 0.25) is 5.02 Å². The lowest BCUT2D eigenvalue weighted by Gasteiger charge is -2.22. The van der Waals surface area contributed by atoms with Gasteiger partial charge in [0, 0.05) is 28.7 Å². The first-order chi connectivity index (χ1) is 15.4. The largest absolute Gasteiger partial charge is 0.508 e. The van der Waals surface area contributed by atoms with E-state index in [9.17, 15) is 13.5 Å². The minimum absolute atomic E-state index is 0.138. The maximum atomic E-state index is 12.8. The zero-order chi connectivity index (χ0) is 22.6. The third-order valence-electron chi connectivity index (χ3n) is 5.27. The number of nitrogens with zero attached hydrogens (tertiary/aromatic N) is 2. The van der Waals surface area contributed by atoms with Crippen LogP contribution in [0.3, 0.4) is 0 Å². The third-order valence-corrected chi connectivity index (χ3v) is 7.89. The molecule has 2 aromatic carbocycles. The summed E-state index contributed by atoms with van der Waals surface area (Å²) in [6.07, 6.45) is 8.14.